The summed E-state index contributed by atoms with van der Waals surface area (Å²) in [6, 6.07) is 14.7. The maximum atomic E-state index is 12.6. The maximum absolute atomic E-state index is 12.6. The van der Waals surface area contributed by atoms with Crippen LogP contribution in [0.25, 0.3) is 11.1 Å². The van der Waals surface area contributed by atoms with E-state index in [9.17, 15) is 19.5 Å². The molecule has 2 aromatic rings. The molecule has 32 heavy (non-hydrogen) atoms. The lowest BCUT2D eigenvalue weighted by atomic mass is 9.98. The van der Waals surface area contributed by atoms with Crippen LogP contribution in [0, 0.1) is 0 Å². The van der Waals surface area contributed by atoms with Gasteiger partial charge in [0.1, 0.15) is 0 Å². The number of carbonyl (C=O) groups is 3. The van der Waals surface area contributed by atoms with E-state index in [0.717, 1.165) is 16.7 Å². The topological polar surface area (TPSA) is 98.7 Å². The molecule has 1 heterocycles. The number of carbonyl (C=O) groups excluding carboxylic acids is 3. The zero-order chi connectivity index (χ0) is 23.6. The van der Waals surface area contributed by atoms with Gasteiger partial charge in [0.25, 0.3) is 17.7 Å². The number of likely N-dealkylation sites (N-methyl/N-ethyl adjacent to an activating group) is 1. The lowest BCUT2D eigenvalue weighted by Crippen LogP contribution is -2.40. The largest absolute Gasteiger partial charge is 0.503 e. The third-order valence-electron chi connectivity index (χ3n) is 5.19. The molecule has 0 fully saturated rings. The van der Waals surface area contributed by atoms with Gasteiger partial charge in [0.2, 0.25) is 0 Å². The van der Waals surface area contributed by atoms with Gasteiger partial charge in [-0.1, -0.05) is 30.3 Å². The number of hydrogen-bond donors (Lipinski definition) is 3. The van der Waals surface area contributed by atoms with Crippen LogP contribution < -0.4 is 10.6 Å². The summed E-state index contributed by atoms with van der Waals surface area (Å²) in [6.45, 7) is 7.71. The predicted molar refractivity (Wildman–Crippen MR) is 123 cm³/mol. The Morgan fingerprint density at radius 2 is 1.66 bits per heavy atom. The van der Waals surface area contributed by atoms with E-state index in [2.05, 4.69) is 10.6 Å². The predicted octanol–water partition coefficient (Wildman–Crippen LogP) is 3.34. The molecule has 3 rings (SSSR count). The molecule has 0 aromatic heterocycles. The second-order valence-electron chi connectivity index (χ2n) is 9.09. The number of amides is 3. The first-order valence-corrected chi connectivity index (χ1v) is 10.5. The third kappa shape index (κ3) is 5.17. The Morgan fingerprint density at radius 1 is 1.03 bits per heavy atom. The fourth-order valence-electron chi connectivity index (χ4n) is 3.48. The average molecular weight is 436 g/mol. The Bertz CT molecular complexity index is 1100. The van der Waals surface area contributed by atoms with Crippen molar-refractivity contribution in [2.24, 2.45) is 0 Å². The minimum absolute atomic E-state index is 0.0677. The standard InChI is InChI=1S/C25H29N3O4/c1-15(26-23(31)20-14-28(5)24(32)21(20)29)16-8-6-9-17(12-16)18-10-7-11-19(13-18)22(30)27-25(2,3)4/h6-13,15,29H,14H2,1-5H3,(H,26,31)(H,27,30). The Morgan fingerprint density at radius 3 is 2.25 bits per heavy atom. The SMILES string of the molecule is CC(NC(=O)C1=C(O)C(=O)N(C)C1)c1cccc(-c2cccc(C(=O)NC(C)(C)C)c2)c1. The normalized spacial score (nSPS) is 15.0. The lowest BCUT2D eigenvalue weighted by molar-refractivity contribution is -0.126. The van der Waals surface area contributed by atoms with Gasteiger partial charge in [-0.05, 0) is 62.6 Å². The molecule has 2 aromatic carbocycles. The summed E-state index contributed by atoms with van der Waals surface area (Å²) in [5.41, 5.74) is 2.96. The van der Waals surface area contributed by atoms with Gasteiger partial charge in [0.15, 0.2) is 5.76 Å². The molecule has 0 radical (unpaired) electrons. The van der Waals surface area contributed by atoms with Crippen molar-refractivity contribution in [1.29, 1.82) is 0 Å². The van der Waals surface area contributed by atoms with Crippen LogP contribution >= 0.6 is 0 Å². The van der Waals surface area contributed by atoms with Gasteiger partial charge in [-0.2, -0.15) is 0 Å². The summed E-state index contributed by atoms with van der Waals surface area (Å²) >= 11 is 0. The van der Waals surface area contributed by atoms with Gasteiger partial charge in [-0.15, -0.1) is 0 Å². The van der Waals surface area contributed by atoms with E-state index in [0.29, 0.717) is 5.56 Å². The first kappa shape index (κ1) is 23.1. The highest BCUT2D eigenvalue weighted by Crippen LogP contribution is 2.25. The highest BCUT2D eigenvalue weighted by atomic mass is 16.3. The van der Waals surface area contributed by atoms with Gasteiger partial charge in [-0.25, -0.2) is 0 Å². The summed E-state index contributed by atoms with van der Waals surface area (Å²) in [7, 11) is 1.53. The molecule has 3 N–H and O–H groups in total. The molecule has 1 unspecified atom stereocenters. The van der Waals surface area contributed by atoms with Crippen molar-refractivity contribution in [1.82, 2.24) is 15.5 Å². The smallest absolute Gasteiger partial charge is 0.289 e. The number of nitrogens with zero attached hydrogens (tertiary/aromatic N) is 1. The second kappa shape index (κ2) is 8.86. The molecular formula is C25H29N3O4. The molecule has 1 atom stereocenters. The van der Waals surface area contributed by atoms with E-state index in [4.69, 9.17) is 0 Å². The Kier molecular flexibility index (Phi) is 6.39. The number of benzene rings is 2. The van der Waals surface area contributed by atoms with Crippen molar-refractivity contribution >= 4 is 17.7 Å². The van der Waals surface area contributed by atoms with Crippen molar-refractivity contribution < 1.29 is 19.5 Å². The van der Waals surface area contributed by atoms with Crippen molar-refractivity contribution in [2.45, 2.75) is 39.3 Å². The van der Waals surface area contributed by atoms with Crippen LogP contribution in [0.15, 0.2) is 59.9 Å². The zero-order valence-electron chi connectivity index (χ0n) is 19.0. The van der Waals surface area contributed by atoms with Crippen LogP contribution in [0.1, 0.15) is 49.7 Å². The Labute approximate surface area is 188 Å². The van der Waals surface area contributed by atoms with Gasteiger partial charge >= 0.3 is 0 Å². The van der Waals surface area contributed by atoms with Crippen LogP contribution in [0.3, 0.4) is 0 Å². The molecule has 7 nitrogen and oxygen atoms in total. The molecule has 168 valence electrons. The molecular weight excluding hydrogens is 406 g/mol. The van der Waals surface area contributed by atoms with E-state index >= 15 is 0 Å². The highest BCUT2D eigenvalue weighted by Gasteiger charge is 2.32. The van der Waals surface area contributed by atoms with Gasteiger partial charge in [0.05, 0.1) is 18.2 Å². The molecule has 0 saturated heterocycles. The summed E-state index contributed by atoms with van der Waals surface area (Å²) in [6.07, 6.45) is 0. The molecule has 0 aliphatic carbocycles. The van der Waals surface area contributed by atoms with Crippen molar-refractivity contribution in [3.8, 4) is 11.1 Å². The van der Waals surface area contributed by atoms with Crippen LogP contribution in [-0.4, -0.2) is 46.9 Å². The van der Waals surface area contributed by atoms with Crippen molar-refractivity contribution in [2.75, 3.05) is 13.6 Å². The van der Waals surface area contributed by atoms with Crippen molar-refractivity contribution in [3.63, 3.8) is 0 Å². The fraction of sp³-hybridized carbons (Fsp3) is 0.320. The van der Waals surface area contributed by atoms with Gasteiger partial charge in [0, 0.05) is 18.2 Å². The van der Waals surface area contributed by atoms with Crippen LogP contribution in [0.4, 0.5) is 0 Å². The summed E-state index contributed by atoms with van der Waals surface area (Å²) in [5, 5.41) is 15.7. The third-order valence-corrected chi connectivity index (χ3v) is 5.19. The van der Waals surface area contributed by atoms with Crippen LogP contribution in [-0.2, 0) is 9.59 Å². The van der Waals surface area contributed by atoms with Gasteiger partial charge in [-0.3, -0.25) is 14.4 Å². The molecule has 1 aliphatic heterocycles. The van der Waals surface area contributed by atoms with Crippen LogP contribution in [0.2, 0.25) is 0 Å². The van der Waals surface area contributed by atoms with Crippen molar-refractivity contribution in [3.05, 3.63) is 71.0 Å². The summed E-state index contributed by atoms with van der Waals surface area (Å²) in [4.78, 5) is 38.1. The molecule has 0 saturated carbocycles. The Hall–Kier alpha value is -3.61. The molecule has 1 aliphatic rings. The molecule has 3 amide bonds. The first-order chi connectivity index (χ1) is 15.0. The monoisotopic (exact) mass is 435 g/mol. The Balaban J connectivity index is 1.78. The van der Waals surface area contributed by atoms with E-state index in [-0.39, 0.29) is 29.6 Å². The lowest BCUT2D eigenvalue weighted by Gasteiger charge is -2.20. The molecule has 0 spiro atoms. The van der Waals surface area contributed by atoms with Gasteiger partial charge < -0.3 is 20.6 Å². The number of nitrogens with one attached hydrogen (secondary N) is 2. The average Bonchev–Trinajstić information content (AvgIpc) is 3.00. The molecule has 0 bridgehead atoms. The first-order valence-electron chi connectivity index (χ1n) is 10.5. The summed E-state index contributed by atoms with van der Waals surface area (Å²) < 4.78 is 0. The minimum Gasteiger partial charge on any atom is -0.503 e. The van der Waals surface area contributed by atoms with E-state index in [1.165, 1.54) is 11.9 Å². The summed E-state index contributed by atoms with van der Waals surface area (Å²) in [5.74, 6) is -1.67. The second-order valence-corrected chi connectivity index (χ2v) is 9.09. The van der Waals surface area contributed by atoms with E-state index in [1.807, 2.05) is 70.2 Å². The zero-order valence-corrected chi connectivity index (χ0v) is 19.0. The molecule has 7 heteroatoms. The fourth-order valence-corrected chi connectivity index (χ4v) is 3.48. The minimum atomic E-state index is -0.555. The maximum Gasteiger partial charge on any atom is 0.289 e. The van der Waals surface area contributed by atoms with E-state index in [1.54, 1.807) is 6.07 Å². The quantitative estimate of drug-likeness (QED) is 0.671. The number of rotatable bonds is 5. The van der Waals surface area contributed by atoms with E-state index < -0.39 is 17.6 Å². The number of aliphatic hydroxyl groups is 1. The number of hydrogen-bond acceptors (Lipinski definition) is 4. The highest BCUT2D eigenvalue weighted by molar-refractivity contribution is 6.07. The van der Waals surface area contributed by atoms with Crippen LogP contribution in [0.5, 0.6) is 0 Å². The number of aliphatic hydroxyl groups excluding tert-OH is 1.